The van der Waals surface area contributed by atoms with Crippen molar-refractivity contribution in [2.24, 2.45) is 7.05 Å². The third kappa shape index (κ3) is 3.46. The predicted molar refractivity (Wildman–Crippen MR) is 94.9 cm³/mol. The molecule has 1 N–H and O–H groups in total. The van der Waals surface area contributed by atoms with E-state index in [0.717, 1.165) is 23.1 Å². The lowest BCUT2D eigenvalue weighted by Gasteiger charge is -2.24. The molecule has 0 amide bonds. The first kappa shape index (κ1) is 15.8. The molecule has 23 heavy (non-hydrogen) atoms. The summed E-state index contributed by atoms with van der Waals surface area (Å²) in [4.78, 5) is 6.56. The maximum atomic E-state index is 6.05. The van der Waals surface area contributed by atoms with Crippen LogP contribution in [-0.2, 0) is 7.05 Å². The summed E-state index contributed by atoms with van der Waals surface area (Å²) in [5.41, 5.74) is 3.14. The number of aromatic nitrogens is 3. The average Bonchev–Trinajstić information content (AvgIpc) is 2.93. The molecule has 0 aliphatic rings. The minimum Gasteiger partial charge on any atom is -0.383 e. The lowest BCUT2D eigenvalue weighted by atomic mass is 10.1. The number of rotatable bonds is 5. The molecule has 0 bridgehead atoms. The van der Waals surface area contributed by atoms with Gasteiger partial charge in [0.15, 0.2) is 0 Å². The van der Waals surface area contributed by atoms with Crippen LogP contribution in [0.3, 0.4) is 0 Å². The van der Waals surface area contributed by atoms with E-state index in [1.54, 1.807) is 6.20 Å². The first-order chi connectivity index (χ1) is 11.0. The van der Waals surface area contributed by atoms with Gasteiger partial charge in [-0.1, -0.05) is 11.6 Å². The number of benzene rings is 1. The van der Waals surface area contributed by atoms with Gasteiger partial charge in [-0.15, -0.1) is 0 Å². The molecule has 1 atom stereocenters. The van der Waals surface area contributed by atoms with E-state index < -0.39 is 0 Å². The van der Waals surface area contributed by atoms with E-state index in [1.807, 2.05) is 42.2 Å². The molecule has 2 aromatic heterocycles. The fourth-order valence-corrected chi connectivity index (χ4v) is 2.86. The summed E-state index contributed by atoms with van der Waals surface area (Å²) in [7, 11) is 6.08. The summed E-state index contributed by atoms with van der Waals surface area (Å²) in [6.07, 6.45) is 5.77. The van der Waals surface area contributed by atoms with E-state index >= 15 is 0 Å². The van der Waals surface area contributed by atoms with Crippen LogP contribution in [0.2, 0.25) is 5.02 Å². The molecule has 0 aliphatic carbocycles. The number of nitrogens with one attached hydrogen (secondary N) is 1. The SMILES string of the molecule is CN(C)C(CNc1ccnc2cc(Cl)ccc12)c1cnn(C)c1. The number of pyridine rings is 1. The van der Waals surface area contributed by atoms with Crippen LogP contribution in [0.25, 0.3) is 10.9 Å². The first-order valence-electron chi connectivity index (χ1n) is 7.47. The van der Waals surface area contributed by atoms with Gasteiger partial charge in [0.2, 0.25) is 0 Å². The van der Waals surface area contributed by atoms with Gasteiger partial charge in [0.1, 0.15) is 0 Å². The Morgan fingerprint density at radius 2 is 2.13 bits per heavy atom. The van der Waals surface area contributed by atoms with Crippen molar-refractivity contribution in [2.75, 3.05) is 26.0 Å². The molecule has 6 heteroatoms. The maximum absolute atomic E-state index is 6.05. The van der Waals surface area contributed by atoms with E-state index in [9.17, 15) is 0 Å². The summed E-state index contributed by atoms with van der Waals surface area (Å²) < 4.78 is 1.83. The fraction of sp³-hybridized carbons (Fsp3) is 0.294. The number of halogens is 1. The van der Waals surface area contributed by atoms with E-state index in [0.29, 0.717) is 5.02 Å². The Balaban J connectivity index is 1.84. The minimum atomic E-state index is 0.235. The van der Waals surface area contributed by atoms with E-state index in [2.05, 4.69) is 40.6 Å². The molecule has 0 radical (unpaired) electrons. The number of anilines is 1. The second kappa shape index (κ2) is 6.56. The highest BCUT2D eigenvalue weighted by molar-refractivity contribution is 6.31. The van der Waals surface area contributed by atoms with Crippen molar-refractivity contribution in [3.63, 3.8) is 0 Å². The highest BCUT2D eigenvalue weighted by atomic mass is 35.5. The molecule has 0 spiro atoms. The number of hydrogen-bond donors (Lipinski definition) is 1. The van der Waals surface area contributed by atoms with Gasteiger partial charge >= 0.3 is 0 Å². The predicted octanol–water partition coefficient (Wildman–Crippen LogP) is 3.34. The Hall–Kier alpha value is -2.11. The van der Waals surface area contributed by atoms with Crippen molar-refractivity contribution >= 4 is 28.2 Å². The molecule has 3 aromatic rings. The Kier molecular flexibility index (Phi) is 4.50. The third-order valence-corrected chi connectivity index (χ3v) is 4.16. The normalized spacial score (nSPS) is 12.7. The van der Waals surface area contributed by atoms with E-state index in [4.69, 9.17) is 11.6 Å². The summed E-state index contributed by atoms with van der Waals surface area (Å²) in [5.74, 6) is 0. The highest BCUT2D eigenvalue weighted by Gasteiger charge is 2.16. The van der Waals surface area contributed by atoms with Gasteiger partial charge in [-0.2, -0.15) is 5.10 Å². The zero-order valence-electron chi connectivity index (χ0n) is 13.5. The molecular weight excluding hydrogens is 310 g/mol. The van der Waals surface area contributed by atoms with Crippen molar-refractivity contribution in [3.8, 4) is 0 Å². The van der Waals surface area contributed by atoms with Gasteiger partial charge in [0, 0.05) is 47.6 Å². The topological polar surface area (TPSA) is 46.0 Å². The van der Waals surface area contributed by atoms with E-state index in [-0.39, 0.29) is 6.04 Å². The molecule has 3 rings (SSSR count). The number of nitrogens with zero attached hydrogens (tertiary/aromatic N) is 4. The van der Waals surface area contributed by atoms with Crippen molar-refractivity contribution in [3.05, 3.63) is 53.4 Å². The zero-order valence-corrected chi connectivity index (χ0v) is 14.2. The summed E-state index contributed by atoms with van der Waals surface area (Å²) in [6.45, 7) is 0.778. The quantitative estimate of drug-likeness (QED) is 0.780. The molecule has 5 nitrogen and oxygen atoms in total. The molecular formula is C17H20ClN5. The third-order valence-electron chi connectivity index (χ3n) is 3.92. The lowest BCUT2D eigenvalue weighted by Crippen LogP contribution is -2.26. The fourth-order valence-electron chi connectivity index (χ4n) is 2.69. The van der Waals surface area contributed by atoms with Gasteiger partial charge in [0.05, 0.1) is 17.8 Å². The van der Waals surface area contributed by atoms with Gasteiger partial charge in [0.25, 0.3) is 0 Å². The van der Waals surface area contributed by atoms with Crippen LogP contribution in [0.4, 0.5) is 5.69 Å². The molecule has 2 heterocycles. The molecule has 0 aliphatic heterocycles. The standard InChI is InChI=1S/C17H20ClN5/c1-22(2)17(12-9-21-23(3)11-12)10-20-15-6-7-19-16-8-13(18)4-5-14(15)16/h4-9,11,17H,10H2,1-3H3,(H,19,20). The lowest BCUT2D eigenvalue weighted by molar-refractivity contribution is 0.312. The largest absolute Gasteiger partial charge is 0.383 e. The van der Waals surface area contributed by atoms with Gasteiger partial charge in [-0.05, 0) is 38.4 Å². The number of fused-ring (bicyclic) bond motifs is 1. The summed E-state index contributed by atoms with van der Waals surface area (Å²) in [5, 5.41) is 9.57. The minimum absolute atomic E-state index is 0.235. The average molecular weight is 330 g/mol. The van der Waals surface area contributed by atoms with Crippen LogP contribution in [-0.4, -0.2) is 40.3 Å². The second-order valence-corrected chi connectivity index (χ2v) is 6.26. The van der Waals surface area contributed by atoms with Gasteiger partial charge in [-0.25, -0.2) is 0 Å². The van der Waals surface area contributed by atoms with Crippen molar-refractivity contribution in [1.29, 1.82) is 0 Å². The highest BCUT2D eigenvalue weighted by Crippen LogP contribution is 2.26. The van der Waals surface area contributed by atoms with Crippen LogP contribution >= 0.6 is 11.6 Å². The molecule has 0 saturated carbocycles. The van der Waals surface area contributed by atoms with Crippen molar-refractivity contribution < 1.29 is 0 Å². The number of likely N-dealkylation sites (N-methyl/N-ethyl adjacent to an activating group) is 1. The van der Waals surface area contributed by atoms with Crippen LogP contribution in [0, 0.1) is 0 Å². The van der Waals surface area contributed by atoms with Crippen LogP contribution < -0.4 is 5.32 Å². The second-order valence-electron chi connectivity index (χ2n) is 5.83. The maximum Gasteiger partial charge on any atom is 0.0737 e. The van der Waals surface area contributed by atoms with Crippen molar-refractivity contribution in [1.82, 2.24) is 19.7 Å². The zero-order chi connectivity index (χ0) is 16.4. The smallest absolute Gasteiger partial charge is 0.0737 e. The molecule has 0 fully saturated rings. The number of hydrogen-bond acceptors (Lipinski definition) is 4. The number of aryl methyl sites for hydroxylation is 1. The Labute approximate surface area is 140 Å². The van der Waals surface area contributed by atoms with Crippen LogP contribution in [0.1, 0.15) is 11.6 Å². The van der Waals surface area contributed by atoms with Gasteiger partial charge < -0.3 is 10.2 Å². The van der Waals surface area contributed by atoms with Crippen molar-refractivity contribution in [2.45, 2.75) is 6.04 Å². The Morgan fingerprint density at radius 3 is 2.83 bits per heavy atom. The van der Waals surface area contributed by atoms with Crippen LogP contribution in [0.5, 0.6) is 0 Å². The molecule has 1 unspecified atom stereocenters. The summed E-state index contributed by atoms with van der Waals surface area (Å²) >= 11 is 6.05. The first-order valence-corrected chi connectivity index (χ1v) is 7.85. The Bertz CT molecular complexity index is 812. The molecule has 120 valence electrons. The summed E-state index contributed by atoms with van der Waals surface area (Å²) in [6, 6.07) is 8.00. The van der Waals surface area contributed by atoms with Crippen LogP contribution in [0.15, 0.2) is 42.9 Å². The molecule has 0 saturated heterocycles. The molecule has 1 aromatic carbocycles. The van der Waals surface area contributed by atoms with E-state index in [1.165, 1.54) is 5.56 Å². The van der Waals surface area contributed by atoms with Gasteiger partial charge in [-0.3, -0.25) is 9.67 Å². The Morgan fingerprint density at radius 1 is 1.30 bits per heavy atom. The monoisotopic (exact) mass is 329 g/mol.